The molecule has 33 heavy (non-hydrogen) atoms. The van der Waals surface area contributed by atoms with E-state index in [9.17, 15) is 0 Å². The summed E-state index contributed by atoms with van der Waals surface area (Å²) in [6.07, 6.45) is 5.76. The van der Waals surface area contributed by atoms with Crippen molar-refractivity contribution in [3.63, 3.8) is 0 Å². The van der Waals surface area contributed by atoms with Gasteiger partial charge in [-0.2, -0.15) is 10.2 Å². The first-order valence-electron chi connectivity index (χ1n) is 11.6. The number of nitrogens with one attached hydrogen (secondary N) is 1. The van der Waals surface area contributed by atoms with Crippen molar-refractivity contribution in [2.24, 2.45) is 17.5 Å². The number of aryl methyl sites for hydroxylation is 4. The fourth-order valence-corrected chi connectivity index (χ4v) is 5.10. The van der Waals surface area contributed by atoms with Crippen LogP contribution in [0.4, 0.5) is 5.82 Å². The number of anilines is 1. The van der Waals surface area contributed by atoms with Crippen molar-refractivity contribution < 1.29 is 4.84 Å². The first kappa shape index (κ1) is 21.7. The van der Waals surface area contributed by atoms with E-state index in [0.29, 0.717) is 17.1 Å². The predicted octanol–water partition coefficient (Wildman–Crippen LogP) is 3.55. The maximum absolute atomic E-state index is 5.86. The summed E-state index contributed by atoms with van der Waals surface area (Å²) in [6.45, 7) is 9.75. The molecule has 0 bridgehead atoms. The molecule has 1 aliphatic carbocycles. The topological polar surface area (TPSA) is 95.3 Å². The van der Waals surface area contributed by atoms with Crippen molar-refractivity contribution in [1.82, 2.24) is 25.0 Å². The van der Waals surface area contributed by atoms with Gasteiger partial charge in [-0.05, 0) is 73.3 Å². The van der Waals surface area contributed by atoms with Crippen LogP contribution in [-0.4, -0.2) is 25.5 Å². The second-order valence-electron chi connectivity index (χ2n) is 10.2. The minimum atomic E-state index is -0.241. The quantitative estimate of drug-likeness (QED) is 0.624. The lowest BCUT2D eigenvalue weighted by Gasteiger charge is -2.29. The Kier molecular flexibility index (Phi) is 5.28. The summed E-state index contributed by atoms with van der Waals surface area (Å²) in [5.74, 6) is 1.14. The monoisotopic (exact) mass is 447 g/mol. The maximum Gasteiger partial charge on any atom is 0.263 e. The number of hydrogen-bond donors (Lipinski definition) is 2. The fraction of sp³-hybridized carbons (Fsp3) is 0.480. The second-order valence-corrected chi connectivity index (χ2v) is 10.2. The van der Waals surface area contributed by atoms with E-state index < -0.39 is 0 Å². The van der Waals surface area contributed by atoms with Crippen LogP contribution < -0.4 is 11.2 Å². The average Bonchev–Trinajstić information content (AvgIpc) is 3.46. The number of aliphatic imine (C=N–C) groups is 1. The Morgan fingerprint density at radius 1 is 1.21 bits per heavy atom. The van der Waals surface area contributed by atoms with Gasteiger partial charge in [0.25, 0.3) is 5.90 Å². The molecule has 8 nitrogen and oxygen atoms in total. The normalized spacial score (nSPS) is 19.3. The van der Waals surface area contributed by atoms with Crippen LogP contribution in [0.5, 0.6) is 0 Å². The third kappa shape index (κ3) is 4.15. The lowest BCUT2D eigenvalue weighted by Crippen LogP contribution is -2.24. The van der Waals surface area contributed by atoms with E-state index in [1.807, 2.05) is 28.7 Å². The van der Waals surface area contributed by atoms with Crippen molar-refractivity contribution in [1.29, 1.82) is 0 Å². The molecule has 0 amide bonds. The molecule has 8 heteroatoms. The molecular weight excluding hydrogens is 414 g/mol. The van der Waals surface area contributed by atoms with E-state index in [2.05, 4.69) is 50.4 Å². The van der Waals surface area contributed by atoms with Gasteiger partial charge in [0.15, 0.2) is 11.9 Å². The van der Waals surface area contributed by atoms with E-state index in [-0.39, 0.29) is 6.17 Å². The molecule has 3 heterocycles. The summed E-state index contributed by atoms with van der Waals surface area (Å²) in [5, 5.41) is 9.06. The number of aromatic nitrogens is 4. The number of benzene rings is 1. The molecule has 1 atom stereocenters. The summed E-state index contributed by atoms with van der Waals surface area (Å²) in [7, 11) is 2.02. The SMILES string of the molecule is Cc1cc(C2N=C(c3nn(C)c4c3CCC(C)(C)C4)ON2)cc(C)c1CCn1ccc(N)n1. The highest BCUT2D eigenvalue weighted by atomic mass is 16.7. The highest BCUT2D eigenvalue weighted by molar-refractivity contribution is 5.94. The number of nitrogen functional groups attached to an aromatic ring is 1. The fourth-order valence-electron chi connectivity index (χ4n) is 5.10. The van der Waals surface area contributed by atoms with Crippen molar-refractivity contribution in [2.45, 2.75) is 66.1 Å². The molecule has 1 aliphatic heterocycles. The molecule has 0 radical (unpaired) electrons. The zero-order valence-electron chi connectivity index (χ0n) is 20.1. The lowest BCUT2D eigenvalue weighted by molar-refractivity contribution is 0.179. The van der Waals surface area contributed by atoms with E-state index >= 15 is 0 Å². The minimum Gasteiger partial charge on any atom is -0.384 e. The summed E-state index contributed by atoms with van der Waals surface area (Å²) < 4.78 is 3.89. The smallest absolute Gasteiger partial charge is 0.263 e. The molecule has 0 fully saturated rings. The van der Waals surface area contributed by atoms with Crippen molar-refractivity contribution in [2.75, 3.05) is 5.73 Å². The Morgan fingerprint density at radius 3 is 2.67 bits per heavy atom. The Balaban J connectivity index is 1.37. The predicted molar refractivity (Wildman–Crippen MR) is 129 cm³/mol. The van der Waals surface area contributed by atoms with Crippen LogP contribution in [0.1, 0.15) is 65.6 Å². The molecule has 0 saturated carbocycles. The summed E-state index contributed by atoms with van der Waals surface area (Å²) in [4.78, 5) is 10.7. The van der Waals surface area contributed by atoms with Crippen LogP contribution in [0.25, 0.3) is 0 Å². The van der Waals surface area contributed by atoms with E-state index in [1.54, 1.807) is 0 Å². The van der Waals surface area contributed by atoms with Gasteiger partial charge in [0.05, 0.1) is 0 Å². The molecule has 0 saturated heterocycles. The van der Waals surface area contributed by atoms with Crippen LogP contribution >= 0.6 is 0 Å². The first-order valence-corrected chi connectivity index (χ1v) is 11.6. The number of nitrogens with zero attached hydrogens (tertiary/aromatic N) is 5. The van der Waals surface area contributed by atoms with Gasteiger partial charge in [-0.25, -0.2) is 4.99 Å². The third-order valence-electron chi connectivity index (χ3n) is 6.98. The largest absolute Gasteiger partial charge is 0.384 e. The van der Waals surface area contributed by atoms with Crippen LogP contribution in [0, 0.1) is 19.3 Å². The molecule has 1 aromatic carbocycles. The standard InChI is InChI=1S/C25H33N7O/c1-15-12-17(13-16(2)18(15)7-10-32-11-8-21(26)28-32)23-27-24(33-30-23)22-19-6-9-25(3,4)14-20(19)31(5)29-22/h8,11-13,23,30H,6-7,9-10,14H2,1-5H3,(H2,26,28). The number of fused-ring (bicyclic) bond motifs is 1. The van der Waals surface area contributed by atoms with Gasteiger partial charge in [0, 0.05) is 31.0 Å². The van der Waals surface area contributed by atoms with E-state index in [0.717, 1.165) is 43.5 Å². The van der Waals surface area contributed by atoms with Gasteiger partial charge in [-0.1, -0.05) is 26.0 Å². The second kappa shape index (κ2) is 8.02. The molecule has 5 rings (SSSR count). The minimum absolute atomic E-state index is 0.241. The highest BCUT2D eigenvalue weighted by Crippen LogP contribution is 2.37. The van der Waals surface area contributed by atoms with Gasteiger partial charge >= 0.3 is 0 Å². The van der Waals surface area contributed by atoms with Crippen molar-refractivity contribution in [3.05, 3.63) is 63.6 Å². The van der Waals surface area contributed by atoms with E-state index in [4.69, 9.17) is 20.7 Å². The number of hydrogen-bond acceptors (Lipinski definition) is 6. The molecule has 1 unspecified atom stereocenters. The molecule has 2 aliphatic rings. The summed E-state index contributed by atoms with van der Waals surface area (Å²) >= 11 is 0. The number of rotatable bonds is 5. The van der Waals surface area contributed by atoms with Crippen LogP contribution in [0.3, 0.4) is 0 Å². The first-order chi connectivity index (χ1) is 15.7. The van der Waals surface area contributed by atoms with Crippen LogP contribution in [-0.2, 0) is 37.7 Å². The number of hydroxylamine groups is 1. The maximum atomic E-state index is 5.86. The highest BCUT2D eigenvalue weighted by Gasteiger charge is 2.34. The van der Waals surface area contributed by atoms with Crippen molar-refractivity contribution >= 4 is 11.7 Å². The summed E-state index contributed by atoms with van der Waals surface area (Å²) in [5.41, 5.74) is 17.5. The van der Waals surface area contributed by atoms with Crippen LogP contribution in [0.15, 0.2) is 29.4 Å². The zero-order chi connectivity index (χ0) is 23.3. The van der Waals surface area contributed by atoms with Gasteiger partial charge < -0.3 is 10.6 Å². The molecule has 2 aromatic heterocycles. The lowest BCUT2D eigenvalue weighted by atomic mass is 9.76. The van der Waals surface area contributed by atoms with Gasteiger partial charge in [0.2, 0.25) is 0 Å². The average molecular weight is 448 g/mol. The number of nitrogens with two attached hydrogens (primary N) is 1. The molecular formula is C25H33N7O. The molecule has 3 aromatic rings. The Hall–Kier alpha value is -3.13. The van der Waals surface area contributed by atoms with Gasteiger partial charge in [-0.15, -0.1) is 5.48 Å². The Morgan fingerprint density at radius 2 is 1.97 bits per heavy atom. The van der Waals surface area contributed by atoms with Gasteiger partial charge in [-0.3, -0.25) is 9.36 Å². The molecule has 174 valence electrons. The van der Waals surface area contributed by atoms with Gasteiger partial charge in [0.1, 0.15) is 5.82 Å². The third-order valence-corrected chi connectivity index (χ3v) is 6.98. The Labute approximate surface area is 194 Å². The molecule has 3 N–H and O–H groups in total. The Bertz CT molecular complexity index is 1210. The molecule has 0 spiro atoms. The van der Waals surface area contributed by atoms with Crippen LogP contribution in [0.2, 0.25) is 0 Å². The summed E-state index contributed by atoms with van der Waals surface area (Å²) in [6, 6.07) is 6.22. The van der Waals surface area contributed by atoms with Crippen molar-refractivity contribution in [3.8, 4) is 0 Å². The zero-order valence-corrected chi connectivity index (χ0v) is 20.1. The van der Waals surface area contributed by atoms with E-state index in [1.165, 1.54) is 27.9 Å².